The van der Waals surface area contributed by atoms with Crippen molar-refractivity contribution >= 4 is 36.0 Å². The van der Waals surface area contributed by atoms with Crippen LogP contribution in [0.1, 0.15) is 25.3 Å². The molecule has 1 heterocycles. The van der Waals surface area contributed by atoms with E-state index in [4.69, 9.17) is 4.74 Å². The van der Waals surface area contributed by atoms with Crippen molar-refractivity contribution in [2.45, 2.75) is 32.2 Å². The molecule has 2 rings (SSSR count). The molecular weight excluding hydrogens is 431 g/mol. The number of carbonyl (C=O) groups excluding carboxylic acids is 1. The van der Waals surface area contributed by atoms with E-state index in [2.05, 4.69) is 39.9 Å². The topological polar surface area (TPSA) is 66.0 Å². The SMILES string of the molecule is CCOC(=O)N1CCC(NC(=NC)NCCc2ccccc2)CC1.I. The Morgan fingerprint density at radius 3 is 2.56 bits per heavy atom. The summed E-state index contributed by atoms with van der Waals surface area (Å²) < 4.78 is 5.04. The van der Waals surface area contributed by atoms with E-state index in [1.54, 1.807) is 11.9 Å². The average molecular weight is 460 g/mol. The number of aliphatic imine (C=N–C) groups is 1. The maximum atomic E-state index is 11.7. The van der Waals surface area contributed by atoms with E-state index in [-0.39, 0.29) is 30.1 Å². The van der Waals surface area contributed by atoms with E-state index < -0.39 is 0 Å². The van der Waals surface area contributed by atoms with Crippen molar-refractivity contribution in [1.82, 2.24) is 15.5 Å². The average Bonchev–Trinajstić information content (AvgIpc) is 2.62. The minimum Gasteiger partial charge on any atom is -0.450 e. The quantitative estimate of drug-likeness (QED) is 0.403. The number of amides is 1. The number of halogens is 1. The molecule has 6 nitrogen and oxygen atoms in total. The number of carbonyl (C=O) groups is 1. The third-order valence-electron chi connectivity index (χ3n) is 4.13. The Morgan fingerprint density at radius 1 is 1.28 bits per heavy atom. The lowest BCUT2D eigenvalue weighted by Gasteiger charge is -2.32. The highest BCUT2D eigenvalue weighted by Gasteiger charge is 2.23. The summed E-state index contributed by atoms with van der Waals surface area (Å²) >= 11 is 0. The molecule has 7 heteroatoms. The largest absolute Gasteiger partial charge is 0.450 e. The van der Waals surface area contributed by atoms with Crippen molar-refractivity contribution in [3.63, 3.8) is 0 Å². The number of hydrogen-bond acceptors (Lipinski definition) is 3. The van der Waals surface area contributed by atoms with Crippen molar-refractivity contribution in [3.05, 3.63) is 35.9 Å². The standard InChI is InChI=1S/C18H28N4O2.HI/c1-3-24-18(23)22-13-10-16(11-14-22)21-17(19-2)20-12-9-15-7-5-4-6-8-15;/h4-8,16H,3,9-14H2,1-2H3,(H2,19,20,21);1H. The number of benzene rings is 1. The maximum absolute atomic E-state index is 11.7. The first-order valence-corrected chi connectivity index (χ1v) is 8.65. The van der Waals surface area contributed by atoms with Crippen molar-refractivity contribution in [2.75, 3.05) is 33.3 Å². The number of nitrogens with one attached hydrogen (secondary N) is 2. The van der Waals surface area contributed by atoms with Gasteiger partial charge in [0, 0.05) is 32.7 Å². The van der Waals surface area contributed by atoms with E-state index in [9.17, 15) is 4.79 Å². The molecule has 0 unspecified atom stereocenters. The molecule has 1 amide bonds. The van der Waals surface area contributed by atoms with Crippen LogP contribution in [0.5, 0.6) is 0 Å². The second kappa shape index (κ2) is 11.9. The van der Waals surface area contributed by atoms with Gasteiger partial charge in [0.2, 0.25) is 0 Å². The lowest BCUT2D eigenvalue weighted by atomic mass is 10.1. The zero-order chi connectivity index (χ0) is 17.2. The number of guanidine groups is 1. The van der Waals surface area contributed by atoms with Crippen LogP contribution in [-0.4, -0.2) is 56.3 Å². The summed E-state index contributed by atoms with van der Waals surface area (Å²) in [5.41, 5.74) is 1.31. The number of nitrogens with zero attached hydrogens (tertiary/aromatic N) is 2. The zero-order valence-electron chi connectivity index (χ0n) is 15.0. The lowest BCUT2D eigenvalue weighted by Crippen LogP contribution is -2.50. The van der Waals surface area contributed by atoms with Crippen LogP contribution in [0.25, 0.3) is 0 Å². The molecule has 1 saturated heterocycles. The van der Waals surface area contributed by atoms with Gasteiger partial charge in [-0.25, -0.2) is 4.79 Å². The van der Waals surface area contributed by atoms with Gasteiger partial charge >= 0.3 is 6.09 Å². The molecule has 0 saturated carbocycles. The van der Waals surface area contributed by atoms with Crippen molar-refractivity contribution in [3.8, 4) is 0 Å². The summed E-state index contributed by atoms with van der Waals surface area (Å²) in [6, 6.07) is 10.7. The van der Waals surface area contributed by atoms with E-state index in [1.807, 2.05) is 13.0 Å². The third-order valence-corrected chi connectivity index (χ3v) is 4.13. The Morgan fingerprint density at radius 2 is 1.96 bits per heavy atom. The fourth-order valence-electron chi connectivity index (χ4n) is 2.78. The number of ether oxygens (including phenoxy) is 1. The fraction of sp³-hybridized carbons (Fsp3) is 0.556. The first-order valence-electron chi connectivity index (χ1n) is 8.65. The summed E-state index contributed by atoms with van der Waals surface area (Å²) in [6.07, 6.45) is 2.56. The monoisotopic (exact) mass is 460 g/mol. The van der Waals surface area contributed by atoms with E-state index in [1.165, 1.54) is 5.56 Å². The Kier molecular flexibility index (Phi) is 10.3. The van der Waals surface area contributed by atoms with Crippen LogP contribution < -0.4 is 10.6 Å². The summed E-state index contributed by atoms with van der Waals surface area (Å²) in [7, 11) is 1.78. The van der Waals surface area contributed by atoms with Gasteiger partial charge in [-0.05, 0) is 31.7 Å². The van der Waals surface area contributed by atoms with Crippen LogP contribution in [-0.2, 0) is 11.2 Å². The van der Waals surface area contributed by atoms with Crippen LogP contribution in [0.3, 0.4) is 0 Å². The second-order valence-electron chi connectivity index (χ2n) is 5.84. The normalized spacial score (nSPS) is 15.3. The van der Waals surface area contributed by atoms with E-state index >= 15 is 0 Å². The van der Waals surface area contributed by atoms with Gasteiger partial charge in [0.25, 0.3) is 0 Å². The highest BCUT2D eigenvalue weighted by Crippen LogP contribution is 2.11. The summed E-state index contributed by atoms with van der Waals surface area (Å²) in [5, 5.41) is 6.80. The van der Waals surface area contributed by atoms with Gasteiger partial charge in [0.15, 0.2) is 5.96 Å². The highest BCUT2D eigenvalue weighted by molar-refractivity contribution is 14.0. The van der Waals surface area contributed by atoms with Crippen molar-refractivity contribution in [1.29, 1.82) is 0 Å². The molecule has 0 aliphatic carbocycles. The molecule has 1 aromatic rings. The van der Waals surface area contributed by atoms with Crippen LogP contribution >= 0.6 is 24.0 Å². The minimum atomic E-state index is -0.207. The maximum Gasteiger partial charge on any atom is 0.409 e. The van der Waals surface area contributed by atoms with Gasteiger partial charge in [-0.2, -0.15) is 0 Å². The van der Waals surface area contributed by atoms with Crippen LogP contribution in [0.2, 0.25) is 0 Å². The van der Waals surface area contributed by atoms with E-state index in [0.717, 1.165) is 44.9 Å². The first-order chi connectivity index (χ1) is 11.7. The summed E-state index contributed by atoms with van der Waals surface area (Å²) in [4.78, 5) is 17.8. The molecule has 0 atom stereocenters. The van der Waals surface area contributed by atoms with Crippen LogP contribution in [0.4, 0.5) is 4.79 Å². The Hall–Kier alpha value is -1.51. The smallest absolute Gasteiger partial charge is 0.409 e. The Bertz CT molecular complexity index is 531. The van der Waals surface area contributed by atoms with Gasteiger partial charge in [0.1, 0.15) is 0 Å². The van der Waals surface area contributed by atoms with Gasteiger partial charge in [-0.3, -0.25) is 4.99 Å². The van der Waals surface area contributed by atoms with Gasteiger partial charge in [0.05, 0.1) is 6.61 Å². The zero-order valence-corrected chi connectivity index (χ0v) is 17.4. The molecule has 1 fully saturated rings. The molecule has 0 aromatic heterocycles. The predicted octanol–water partition coefficient (Wildman–Crippen LogP) is 2.63. The number of rotatable bonds is 5. The van der Waals surface area contributed by atoms with Crippen LogP contribution in [0, 0.1) is 0 Å². The molecule has 0 radical (unpaired) electrons. The number of piperidine rings is 1. The molecule has 1 aromatic carbocycles. The van der Waals surface area contributed by atoms with Crippen molar-refractivity contribution in [2.24, 2.45) is 4.99 Å². The van der Waals surface area contributed by atoms with Gasteiger partial charge in [-0.1, -0.05) is 30.3 Å². The Labute approximate surface area is 167 Å². The highest BCUT2D eigenvalue weighted by atomic mass is 127. The number of likely N-dealkylation sites (tertiary alicyclic amines) is 1. The van der Waals surface area contributed by atoms with E-state index in [0.29, 0.717) is 12.6 Å². The molecule has 0 bridgehead atoms. The molecule has 2 N–H and O–H groups in total. The summed E-state index contributed by atoms with van der Waals surface area (Å²) in [6.45, 7) is 4.53. The molecule has 0 spiro atoms. The number of hydrogen-bond donors (Lipinski definition) is 2. The molecule has 1 aliphatic heterocycles. The van der Waals surface area contributed by atoms with Crippen LogP contribution in [0.15, 0.2) is 35.3 Å². The van der Waals surface area contributed by atoms with Crippen molar-refractivity contribution < 1.29 is 9.53 Å². The lowest BCUT2D eigenvalue weighted by molar-refractivity contribution is 0.0963. The van der Waals surface area contributed by atoms with Gasteiger partial charge in [-0.15, -0.1) is 24.0 Å². The third kappa shape index (κ3) is 7.50. The van der Waals surface area contributed by atoms with Gasteiger partial charge < -0.3 is 20.3 Å². The minimum absolute atomic E-state index is 0. The first kappa shape index (κ1) is 21.5. The molecule has 25 heavy (non-hydrogen) atoms. The molecule has 140 valence electrons. The fourth-order valence-corrected chi connectivity index (χ4v) is 2.78. The Balaban J connectivity index is 0.00000312. The predicted molar refractivity (Wildman–Crippen MR) is 112 cm³/mol. The molecular formula is C18H29IN4O2. The summed E-state index contributed by atoms with van der Waals surface area (Å²) in [5.74, 6) is 0.820. The molecule has 1 aliphatic rings. The second-order valence-corrected chi connectivity index (χ2v) is 5.84.